The van der Waals surface area contributed by atoms with Crippen LogP contribution < -0.4 is 13.8 Å². The predicted molar refractivity (Wildman–Crippen MR) is 90.9 cm³/mol. The zero-order chi connectivity index (χ0) is 17.0. The van der Waals surface area contributed by atoms with Crippen molar-refractivity contribution in [2.45, 2.75) is 18.7 Å². The van der Waals surface area contributed by atoms with Crippen molar-refractivity contribution in [3.63, 3.8) is 0 Å². The monoisotopic (exact) mass is 335 g/mol. The van der Waals surface area contributed by atoms with E-state index in [2.05, 4.69) is 0 Å². The zero-order valence-electron chi connectivity index (χ0n) is 13.7. The standard InChI is InChI=1S/C17H21NO4S/c1-5-18(14-7-6-8-15(12-14)21-3)23(19,20)16-9-10-17(22-4)13(2)11-16/h6-12H,5H2,1-4H3. The van der Waals surface area contributed by atoms with E-state index in [9.17, 15) is 8.42 Å². The van der Waals surface area contributed by atoms with Gasteiger partial charge in [0.1, 0.15) is 11.5 Å². The Morgan fingerprint density at radius 1 is 1.04 bits per heavy atom. The average molecular weight is 335 g/mol. The van der Waals surface area contributed by atoms with E-state index >= 15 is 0 Å². The van der Waals surface area contributed by atoms with Crippen LogP contribution in [0.3, 0.4) is 0 Å². The van der Waals surface area contributed by atoms with Crippen molar-refractivity contribution in [1.82, 2.24) is 0 Å². The number of ether oxygens (including phenoxy) is 2. The van der Waals surface area contributed by atoms with Crippen molar-refractivity contribution in [3.8, 4) is 11.5 Å². The number of rotatable bonds is 6. The summed E-state index contributed by atoms with van der Waals surface area (Å²) in [5.74, 6) is 1.27. The van der Waals surface area contributed by atoms with Gasteiger partial charge in [0.25, 0.3) is 10.0 Å². The molecule has 23 heavy (non-hydrogen) atoms. The number of aryl methyl sites for hydroxylation is 1. The van der Waals surface area contributed by atoms with Gasteiger partial charge in [-0.25, -0.2) is 8.42 Å². The van der Waals surface area contributed by atoms with Gasteiger partial charge in [-0.05, 0) is 49.7 Å². The molecule has 0 N–H and O–H groups in total. The van der Waals surface area contributed by atoms with Gasteiger partial charge in [0, 0.05) is 12.6 Å². The highest BCUT2D eigenvalue weighted by molar-refractivity contribution is 7.92. The van der Waals surface area contributed by atoms with Gasteiger partial charge in [0.2, 0.25) is 0 Å². The first-order chi connectivity index (χ1) is 10.9. The van der Waals surface area contributed by atoms with Crippen LogP contribution in [0.2, 0.25) is 0 Å². The molecule has 0 aromatic heterocycles. The Labute approximate surface area is 137 Å². The summed E-state index contributed by atoms with van der Waals surface area (Å²) in [7, 11) is -0.541. The molecule has 2 aromatic carbocycles. The number of nitrogens with zero attached hydrogens (tertiary/aromatic N) is 1. The molecule has 0 aliphatic carbocycles. The molecule has 0 atom stereocenters. The molecule has 0 aliphatic heterocycles. The Kier molecular flexibility index (Phi) is 5.15. The Morgan fingerprint density at radius 3 is 2.35 bits per heavy atom. The molecule has 0 unspecified atom stereocenters. The van der Waals surface area contributed by atoms with Gasteiger partial charge in [-0.1, -0.05) is 6.07 Å². The quantitative estimate of drug-likeness (QED) is 0.813. The maximum atomic E-state index is 13.0. The van der Waals surface area contributed by atoms with Crippen molar-refractivity contribution in [2.75, 3.05) is 25.1 Å². The highest BCUT2D eigenvalue weighted by Gasteiger charge is 2.24. The van der Waals surface area contributed by atoms with E-state index in [0.29, 0.717) is 23.7 Å². The summed E-state index contributed by atoms with van der Waals surface area (Å²) in [5.41, 5.74) is 1.34. The lowest BCUT2D eigenvalue weighted by molar-refractivity contribution is 0.411. The van der Waals surface area contributed by atoms with E-state index in [1.165, 1.54) is 4.31 Å². The molecule has 0 heterocycles. The zero-order valence-corrected chi connectivity index (χ0v) is 14.6. The van der Waals surface area contributed by atoms with Crippen molar-refractivity contribution in [1.29, 1.82) is 0 Å². The van der Waals surface area contributed by atoms with Gasteiger partial charge in [0.15, 0.2) is 0 Å². The molecule has 0 fully saturated rings. The first-order valence-corrected chi connectivity index (χ1v) is 8.69. The van der Waals surface area contributed by atoms with Crippen LogP contribution in [0.5, 0.6) is 11.5 Å². The molecular formula is C17H21NO4S. The predicted octanol–water partition coefficient (Wildman–Crippen LogP) is 3.23. The number of hydrogen-bond donors (Lipinski definition) is 0. The first-order valence-electron chi connectivity index (χ1n) is 7.25. The largest absolute Gasteiger partial charge is 0.497 e. The fourth-order valence-electron chi connectivity index (χ4n) is 2.40. The molecule has 0 aliphatic rings. The van der Waals surface area contributed by atoms with Crippen LogP contribution in [0.25, 0.3) is 0 Å². The SMILES string of the molecule is CCN(c1cccc(OC)c1)S(=O)(=O)c1ccc(OC)c(C)c1. The number of anilines is 1. The molecule has 2 aromatic rings. The fourth-order valence-corrected chi connectivity index (χ4v) is 3.95. The topological polar surface area (TPSA) is 55.8 Å². The molecule has 6 heteroatoms. The average Bonchev–Trinajstić information content (AvgIpc) is 2.55. The number of benzene rings is 2. The molecule has 5 nitrogen and oxygen atoms in total. The van der Waals surface area contributed by atoms with Crippen LogP contribution in [0, 0.1) is 6.92 Å². The first kappa shape index (κ1) is 17.1. The molecule has 2 rings (SSSR count). The number of sulfonamides is 1. The van der Waals surface area contributed by atoms with Crippen LogP contribution in [0.15, 0.2) is 47.4 Å². The van der Waals surface area contributed by atoms with Gasteiger partial charge < -0.3 is 9.47 Å². The molecule has 0 saturated heterocycles. The second-order valence-corrected chi connectivity index (χ2v) is 6.87. The maximum Gasteiger partial charge on any atom is 0.264 e. The summed E-state index contributed by atoms with van der Waals surface area (Å²) < 4.78 is 37.6. The molecule has 0 saturated carbocycles. The Balaban J connectivity index is 2.48. The number of methoxy groups -OCH3 is 2. The fraction of sp³-hybridized carbons (Fsp3) is 0.294. The lowest BCUT2D eigenvalue weighted by atomic mass is 10.2. The molecule has 0 radical (unpaired) electrons. The van der Waals surface area contributed by atoms with Gasteiger partial charge in [0.05, 0.1) is 24.8 Å². The van der Waals surface area contributed by atoms with Crippen molar-refractivity contribution in [2.24, 2.45) is 0 Å². The Hall–Kier alpha value is -2.21. The van der Waals surface area contributed by atoms with E-state index in [1.54, 1.807) is 63.6 Å². The normalized spacial score (nSPS) is 11.1. The second kappa shape index (κ2) is 6.91. The van der Waals surface area contributed by atoms with E-state index in [1.807, 2.05) is 6.92 Å². The smallest absolute Gasteiger partial charge is 0.264 e. The molecule has 0 bridgehead atoms. The third-order valence-corrected chi connectivity index (χ3v) is 5.48. The summed E-state index contributed by atoms with van der Waals surface area (Å²) in [4.78, 5) is 0.237. The Morgan fingerprint density at radius 2 is 1.78 bits per heavy atom. The van der Waals surface area contributed by atoms with Gasteiger partial charge in [-0.3, -0.25) is 4.31 Å². The molecule has 124 valence electrons. The van der Waals surface area contributed by atoms with Crippen LogP contribution >= 0.6 is 0 Å². The highest BCUT2D eigenvalue weighted by atomic mass is 32.2. The summed E-state index contributed by atoms with van der Waals surface area (Å²) in [6.07, 6.45) is 0. The summed E-state index contributed by atoms with van der Waals surface area (Å²) in [5, 5.41) is 0. The van der Waals surface area contributed by atoms with Crippen molar-refractivity contribution < 1.29 is 17.9 Å². The third kappa shape index (κ3) is 3.42. The van der Waals surface area contributed by atoms with Crippen LogP contribution in [0.4, 0.5) is 5.69 Å². The van der Waals surface area contributed by atoms with E-state index in [0.717, 1.165) is 5.56 Å². The van der Waals surface area contributed by atoms with Crippen molar-refractivity contribution in [3.05, 3.63) is 48.0 Å². The third-order valence-electron chi connectivity index (χ3n) is 3.58. The maximum absolute atomic E-state index is 13.0. The molecule has 0 amide bonds. The molecule has 0 spiro atoms. The van der Waals surface area contributed by atoms with Gasteiger partial charge >= 0.3 is 0 Å². The van der Waals surface area contributed by atoms with E-state index < -0.39 is 10.0 Å². The van der Waals surface area contributed by atoms with Crippen LogP contribution in [0.1, 0.15) is 12.5 Å². The number of hydrogen-bond acceptors (Lipinski definition) is 4. The Bertz CT molecular complexity index is 787. The minimum Gasteiger partial charge on any atom is -0.497 e. The summed E-state index contributed by atoms with van der Waals surface area (Å²) in [6.45, 7) is 3.94. The van der Waals surface area contributed by atoms with Crippen LogP contribution in [-0.4, -0.2) is 29.2 Å². The van der Waals surface area contributed by atoms with Crippen LogP contribution in [-0.2, 0) is 10.0 Å². The van der Waals surface area contributed by atoms with Gasteiger partial charge in [-0.15, -0.1) is 0 Å². The highest BCUT2D eigenvalue weighted by Crippen LogP contribution is 2.29. The minimum absolute atomic E-state index is 0.237. The summed E-state index contributed by atoms with van der Waals surface area (Å²) >= 11 is 0. The van der Waals surface area contributed by atoms with E-state index in [-0.39, 0.29) is 4.90 Å². The van der Waals surface area contributed by atoms with Gasteiger partial charge in [-0.2, -0.15) is 0 Å². The lowest BCUT2D eigenvalue weighted by Crippen LogP contribution is -2.30. The lowest BCUT2D eigenvalue weighted by Gasteiger charge is -2.23. The minimum atomic E-state index is -3.65. The van der Waals surface area contributed by atoms with Crippen molar-refractivity contribution >= 4 is 15.7 Å². The second-order valence-electron chi connectivity index (χ2n) is 5.00. The molecular weight excluding hydrogens is 314 g/mol. The summed E-state index contributed by atoms with van der Waals surface area (Å²) in [6, 6.07) is 11.9. The van der Waals surface area contributed by atoms with E-state index in [4.69, 9.17) is 9.47 Å².